The number of benzene rings is 1. The van der Waals surface area contributed by atoms with Gasteiger partial charge in [-0.15, -0.1) is 5.10 Å². The summed E-state index contributed by atoms with van der Waals surface area (Å²) in [6, 6.07) is 8.22. The first kappa shape index (κ1) is 11.4. The summed E-state index contributed by atoms with van der Waals surface area (Å²) in [7, 11) is 4.05. The smallest absolute Gasteiger partial charge is 0.367 e. The molecule has 90 valence electrons. The van der Waals surface area contributed by atoms with Crippen LogP contribution in [0.25, 0.3) is 0 Å². The summed E-state index contributed by atoms with van der Waals surface area (Å²) in [6.07, 6.45) is 1.80. The molecule has 0 aliphatic carbocycles. The van der Waals surface area contributed by atoms with Gasteiger partial charge < -0.3 is 4.90 Å². The summed E-state index contributed by atoms with van der Waals surface area (Å²) in [5.74, 6) is 0.867. The fourth-order valence-electron chi connectivity index (χ4n) is 1.55. The topological polar surface area (TPSA) is 53.6 Å². The molecule has 5 heteroatoms. The van der Waals surface area contributed by atoms with Gasteiger partial charge in [0.15, 0.2) is 0 Å². The zero-order valence-corrected chi connectivity index (χ0v) is 10.2. The second kappa shape index (κ2) is 5.34. The highest BCUT2D eigenvalue weighted by Crippen LogP contribution is 2.10. The first-order valence-electron chi connectivity index (χ1n) is 5.67. The highest BCUT2D eigenvalue weighted by molar-refractivity contribution is 5.82. The third kappa shape index (κ3) is 3.21. The Morgan fingerprint density at radius 3 is 2.71 bits per heavy atom. The molecule has 1 aromatic rings. The maximum absolute atomic E-state index is 4.15. The summed E-state index contributed by atoms with van der Waals surface area (Å²) in [5, 5.41) is 7.29. The first-order chi connectivity index (χ1) is 8.25. The normalized spacial score (nSPS) is 14.6. The minimum atomic E-state index is 0.867. The van der Waals surface area contributed by atoms with Gasteiger partial charge in [-0.2, -0.15) is 5.43 Å². The number of hydrogen-bond donors (Lipinski definition) is 3. The number of nitrogens with zero attached hydrogens (tertiary/aromatic N) is 2. The highest BCUT2D eigenvalue weighted by Gasteiger charge is 2.08. The van der Waals surface area contributed by atoms with Gasteiger partial charge in [0.05, 0.1) is 19.3 Å². The first-order valence-corrected chi connectivity index (χ1v) is 5.67. The van der Waals surface area contributed by atoms with Gasteiger partial charge in [0, 0.05) is 19.8 Å². The third-order valence-electron chi connectivity index (χ3n) is 2.53. The van der Waals surface area contributed by atoms with Crippen molar-refractivity contribution in [2.45, 2.75) is 0 Å². The molecule has 5 nitrogen and oxygen atoms in total. The van der Waals surface area contributed by atoms with Crippen LogP contribution in [0, 0.1) is 0 Å². The lowest BCUT2D eigenvalue weighted by Crippen LogP contribution is -2.73. The Balaban J connectivity index is 1.91. The average molecular weight is 232 g/mol. The molecule has 0 spiro atoms. The molecule has 0 saturated carbocycles. The zero-order chi connectivity index (χ0) is 12.1. The number of guanidine groups is 1. The van der Waals surface area contributed by atoms with Crippen LogP contribution in [0.4, 0.5) is 5.69 Å². The Labute approximate surface area is 101 Å². The minimum absolute atomic E-state index is 0.867. The Bertz CT molecular complexity index is 419. The number of rotatable bonds is 3. The summed E-state index contributed by atoms with van der Waals surface area (Å²) in [6.45, 7) is 1.88. The van der Waals surface area contributed by atoms with E-state index in [1.54, 1.807) is 6.21 Å². The fraction of sp³-hybridized carbons (Fsp3) is 0.333. The van der Waals surface area contributed by atoms with Crippen molar-refractivity contribution in [3.63, 3.8) is 0 Å². The van der Waals surface area contributed by atoms with Gasteiger partial charge in [-0.1, -0.05) is 12.1 Å². The SMILES string of the molecule is CN(C)c1ccc(/C=N\NC2=[NH+]CCN2)cc1. The van der Waals surface area contributed by atoms with E-state index in [1.807, 2.05) is 26.2 Å². The van der Waals surface area contributed by atoms with Crippen LogP contribution >= 0.6 is 0 Å². The molecule has 0 saturated heterocycles. The Morgan fingerprint density at radius 1 is 1.35 bits per heavy atom. The van der Waals surface area contributed by atoms with E-state index in [1.165, 1.54) is 5.69 Å². The van der Waals surface area contributed by atoms with Crippen LogP contribution in [0.1, 0.15) is 5.56 Å². The van der Waals surface area contributed by atoms with Gasteiger partial charge in [-0.3, -0.25) is 10.3 Å². The Hall–Kier alpha value is -2.04. The van der Waals surface area contributed by atoms with Crippen molar-refractivity contribution < 1.29 is 4.99 Å². The molecule has 1 aromatic carbocycles. The molecular weight excluding hydrogens is 214 g/mol. The summed E-state index contributed by atoms with van der Waals surface area (Å²) in [5.41, 5.74) is 5.18. The van der Waals surface area contributed by atoms with Crippen LogP contribution in [0.15, 0.2) is 29.4 Å². The molecular formula is C12H18N5+. The molecule has 0 bridgehead atoms. The van der Waals surface area contributed by atoms with Crippen molar-refractivity contribution in [2.24, 2.45) is 5.10 Å². The van der Waals surface area contributed by atoms with E-state index in [-0.39, 0.29) is 0 Å². The fourth-order valence-corrected chi connectivity index (χ4v) is 1.55. The lowest BCUT2D eigenvalue weighted by molar-refractivity contribution is -0.446. The van der Waals surface area contributed by atoms with Crippen molar-refractivity contribution in [1.82, 2.24) is 10.7 Å². The van der Waals surface area contributed by atoms with E-state index in [2.05, 4.69) is 37.9 Å². The monoisotopic (exact) mass is 232 g/mol. The summed E-state index contributed by atoms with van der Waals surface area (Å²) < 4.78 is 0. The molecule has 0 amide bonds. The zero-order valence-electron chi connectivity index (χ0n) is 10.2. The van der Waals surface area contributed by atoms with Gasteiger partial charge in [-0.25, -0.2) is 0 Å². The van der Waals surface area contributed by atoms with E-state index in [0.29, 0.717) is 0 Å². The molecule has 1 aliphatic rings. The quantitative estimate of drug-likeness (QED) is 0.449. The standard InChI is InChI=1S/C12H17N5/c1-17(2)11-5-3-10(4-6-11)9-15-16-12-13-7-8-14-12/h3-6,9H,7-8H2,1-2H3,(H2,13,14,16)/p+1/b15-9-. The van der Waals surface area contributed by atoms with E-state index in [9.17, 15) is 0 Å². The van der Waals surface area contributed by atoms with Gasteiger partial charge in [0.1, 0.15) is 0 Å². The number of hydrazone groups is 1. The second-order valence-electron chi connectivity index (χ2n) is 4.08. The van der Waals surface area contributed by atoms with E-state index in [0.717, 1.165) is 24.6 Å². The van der Waals surface area contributed by atoms with Gasteiger partial charge in [0.2, 0.25) is 0 Å². The average Bonchev–Trinajstić information content (AvgIpc) is 2.83. The molecule has 2 rings (SSSR count). The van der Waals surface area contributed by atoms with Crippen LogP contribution < -0.4 is 20.6 Å². The molecule has 1 aliphatic heterocycles. The van der Waals surface area contributed by atoms with Crippen LogP contribution in [0.2, 0.25) is 0 Å². The molecule has 0 unspecified atom stereocenters. The lowest BCUT2D eigenvalue weighted by Gasteiger charge is -2.11. The largest absolute Gasteiger partial charge is 0.378 e. The number of nitrogens with one attached hydrogen (secondary N) is 3. The minimum Gasteiger partial charge on any atom is -0.378 e. The van der Waals surface area contributed by atoms with E-state index in [4.69, 9.17) is 0 Å². The molecule has 3 N–H and O–H groups in total. The molecule has 17 heavy (non-hydrogen) atoms. The van der Waals surface area contributed by atoms with Crippen LogP contribution in [0.5, 0.6) is 0 Å². The Kier molecular flexibility index (Phi) is 3.59. The van der Waals surface area contributed by atoms with Crippen molar-refractivity contribution in [2.75, 3.05) is 32.1 Å². The molecule has 0 fully saturated rings. The van der Waals surface area contributed by atoms with Gasteiger partial charge in [-0.05, 0) is 17.7 Å². The second-order valence-corrected chi connectivity index (χ2v) is 4.08. The molecule has 0 atom stereocenters. The molecule has 0 aromatic heterocycles. The van der Waals surface area contributed by atoms with Crippen LogP contribution in [0.3, 0.4) is 0 Å². The lowest BCUT2D eigenvalue weighted by atomic mass is 10.2. The molecule has 1 heterocycles. The van der Waals surface area contributed by atoms with Crippen molar-refractivity contribution in [3.05, 3.63) is 29.8 Å². The van der Waals surface area contributed by atoms with Crippen molar-refractivity contribution >= 4 is 17.9 Å². The maximum Gasteiger partial charge on any atom is 0.367 e. The summed E-state index contributed by atoms with van der Waals surface area (Å²) in [4.78, 5) is 5.21. The van der Waals surface area contributed by atoms with Gasteiger partial charge >= 0.3 is 5.96 Å². The number of anilines is 1. The van der Waals surface area contributed by atoms with Crippen molar-refractivity contribution in [3.8, 4) is 0 Å². The maximum atomic E-state index is 4.15. The van der Waals surface area contributed by atoms with E-state index < -0.39 is 0 Å². The third-order valence-corrected chi connectivity index (χ3v) is 2.53. The van der Waals surface area contributed by atoms with Crippen molar-refractivity contribution in [1.29, 1.82) is 0 Å². The predicted molar refractivity (Wildman–Crippen MR) is 70.3 cm³/mol. The van der Waals surface area contributed by atoms with E-state index >= 15 is 0 Å². The van der Waals surface area contributed by atoms with Gasteiger partial charge in [0.25, 0.3) is 0 Å². The summed E-state index contributed by atoms with van der Waals surface area (Å²) >= 11 is 0. The Morgan fingerprint density at radius 2 is 2.12 bits per heavy atom. The number of hydrogen-bond acceptors (Lipinski definition) is 4. The van der Waals surface area contributed by atoms with Crippen LogP contribution in [-0.2, 0) is 0 Å². The van der Waals surface area contributed by atoms with Crippen LogP contribution in [-0.4, -0.2) is 39.4 Å². The highest BCUT2D eigenvalue weighted by atomic mass is 15.4. The molecule has 0 radical (unpaired) electrons. The predicted octanol–water partition coefficient (Wildman–Crippen LogP) is -1.28.